The molecule has 2 aromatic rings. The van der Waals surface area contributed by atoms with Crippen molar-refractivity contribution in [2.24, 2.45) is 5.92 Å². The van der Waals surface area contributed by atoms with Crippen LogP contribution in [0, 0.1) is 5.92 Å². The Hall–Kier alpha value is -2.53. The molecular weight excluding hydrogens is 410 g/mol. The minimum atomic E-state index is -0.285. The number of fused-ring (bicyclic) bond motifs is 1. The molecule has 1 saturated heterocycles. The van der Waals surface area contributed by atoms with E-state index in [2.05, 4.69) is 10.6 Å². The summed E-state index contributed by atoms with van der Waals surface area (Å²) in [6.07, 6.45) is 7.85. The molecule has 4 rings (SSSR count). The largest absolute Gasteiger partial charge is 0.338 e. The fraction of sp³-hybridized carbons (Fsp3) is 0.440. The molecule has 31 heavy (non-hydrogen) atoms. The van der Waals surface area contributed by atoms with Gasteiger partial charge >= 0.3 is 6.03 Å². The van der Waals surface area contributed by atoms with E-state index in [-0.39, 0.29) is 11.9 Å². The average molecular weight is 440 g/mol. The van der Waals surface area contributed by atoms with Crippen LogP contribution >= 0.6 is 11.6 Å². The van der Waals surface area contributed by atoms with Crippen LogP contribution in [0.2, 0.25) is 5.02 Å². The topological polar surface area (TPSA) is 61.4 Å². The Morgan fingerprint density at radius 2 is 1.77 bits per heavy atom. The molecule has 1 heterocycles. The van der Waals surface area contributed by atoms with Gasteiger partial charge in [0.25, 0.3) is 5.91 Å². The second-order valence-corrected chi connectivity index (χ2v) is 8.97. The number of nitrogens with one attached hydrogen (secondary N) is 2. The van der Waals surface area contributed by atoms with Crippen molar-refractivity contribution in [3.63, 3.8) is 0 Å². The number of amides is 3. The molecule has 164 valence electrons. The normalized spacial score (nSPS) is 20.6. The zero-order valence-electron chi connectivity index (χ0n) is 17.8. The highest BCUT2D eigenvalue weighted by atomic mass is 35.5. The van der Waals surface area contributed by atoms with E-state index in [0.717, 1.165) is 25.8 Å². The van der Waals surface area contributed by atoms with Crippen LogP contribution in [0.25, 0.3) is 0 Å². The first-order valence-corrected chi connectivity index (χ1v) is 11.7. The first-order valence-electron chi connectivity index (χ1n) is 11.3. The number of urea groups is 1. The number of nitrogens with zero attached hydrogens (tertiary/aromatic N) is 1. The molecule has 0 spiro atoms. The van der Waals surface area contributed by atoms with Crippen LogP contribution in [0.15, 0.2) is 48.5 Å². The molecule has 2 atom stereocenters. The molecule has 2 aliphatic rings. The predicted molar refractivity (Wildman–Crippen MR) is 125 cm³/mol. The third kappa shape index (κ3) is 5.40. The molecule has 0 bridgehead atoms. The SMILES string of the molecule is O=C(NCCc1ccccc1)Nc1ccc(C(=O)N2CCC[C@H]3CCCC[C@H]32)c(Cl)c1. The molecular formula is C25H30ClN3O2. The van der Waals surface area contributed by atoms with E-state index in [1.54, 1.807) is 18.2 Å². The van der Waals surface area contributed by atoms with Crippen molar-refractivity contribution in [2.75, 3.05) is 18.4 Å². The van der Waals surface area contributed by atoms with Crippen LogP contribution in [-0.4, -0.2) is 36.0 Å². The van der Waals surface area contributed by atoms with E-state index in [0.29, 0.717) is 34.8 Å². The number of benzene rings is 2. The van der Waals surface area contributed by atoms with Crippen molar-refractivity contribution in [1.29, 1.82) is 0 Å². The van der Waals surface area contributed by atoms with Gasteiger partial charge in [-0.3, -0.25) is 4.79 Å². The van der Waals surface area contributed by atoms with E-state index >= 15 is 0 Å². The van der Waals surface area contributed by atoms with Gasteiger partial charge in [0.2, 0.25) is 0 Å². The van der Waals surface area contributed by atoms with Gasteiger partial charge in [0.15, 0.2) is 0 Å². The molecule has 1 aliphatic heterocycles. The first-order chi connectivity index (χ1) is 15.1. The summed E-state index contributed by atoms with van der Waals surface area (Å²) >= 11 is 6.47. The lowest BCUT2D eigenvalue weighted by atomic mass is 9.78. The van der Waals surface area contributed by atoms with E-state index in [1.165, 1.54) is 31.2 Å². The summed E-state index contributed by atoms with van der Waals surface area (Å²) in [5.41, 5.74) is 2.27. The molecule has 6 heteroatoms. The summed E-state index contributed by atoms with van der Waals surface area (Å²) in [7, 11) is 0. The van der Waals surface area contributed by atoms with Crippen LogP contribution < -0.4 is 10.6 Å². The van der Waals surface area contributed by atoms with Crippen molar-refractivity contribution in [3.05, 3.63) is 64.7 Å². The number of likely N-dealkylation sites (tertiary alicyclic amines) is 1. The maximum atomic E-state index is 13.2. The summed E-state index contributed by atoms with van der Waals surface area (Å²) in [5.74, 6) is 0.645. The second kappa shape index (κ2) is 10.2. The summed E-state index contributed by atoms with van der Waals surface area (Å²) in [5, 5.41) is 6.03. The molecule has 0 aromatic heterocycles. The lowest BCUT2D eigenvalue weighted by molar-refractivity contribution is 0.0391. The third-order valence-electron chi connectivity index (χ3n) is 6.50. The zero-order valence-corrected chi connectivity index (χ0v) is 18.5. The summed E-state index contributed by atoms with van der Waals surface area (Å²) in [6, 6.07) is 15.2. The zero-order chi connectivity index (χ0) is 21.6. The highest BCUT2D eigenvalue weighted by Gasteiger charge is 2.36. The quantitative estimate of drug-likeness (QED) is 0.646. The third-order valence-corrected chi connectivity index (χ3v) is 6.82. The van der Waals surface area contributed by atoms with Crippen molar-refractivity contribution < 1.29 is 9.59 Å². The van der Waals surface area contributed by atoms with Crippen molar-refractivity contribution in [1.82, 2.24) is 10.2 Å². The molecule has 5 nitrogen and oxygen atoms in total. The Balaban J connectivity index is 1.34. The molecule has 0 unspecified atom stereocenters. The monoisotopic (exact) mass is 439 g/mol. The Morgan fingerprint density at radius 3 is 2.58 bits per heavy atom. The van der Waals surface area contributed by atoms with E-state index < -0.39 is 0 Å². The molecule has 0 radical (unpaired) electrons. The van der Waals surface area contributed by atoms with Crippen molar-refractivity contribution in [3.8, 4) is 0 Å². The maximum Gasteiger partial charge on any atom is 0.319 e. The van der Waals surface area contributed by atoms with Gasteiger partial charge in [0.1, 0.15) is 0 Å². The second-order valence-electron chi connectivity index (χ2n) is 8.56. The van der Waals surface area contributed by atoms with Gasteiger partial charge in [-0.1, -0.05) is 54.8 Å². The Morgan fingerprint density at radius 1 is 1.00 bits per heavy atom. The number of piperidine rings is 1. The average Bonchev–Trinajstić information content (AvgIpc) is 2.79. The summed E-state index contributed by atoms with van der Waals surface area (Å²) in [4.78, 5) is 27.5. The molecule has 1 aliphatic carbocycles. The molecule has 1 saturated carbocycles. The molecule has 2 N–H and O–H groups in total. The van der Waals surface area contributed by atoms with Crippen molar-refractivity contribution in [2.45, 2.75) is 51.0 Å². The number of carbonyl (C=O) groups excluding carboxylic acids is 2. The highest BCUT2D eigenvalue weighted by molar-refractivity contribution is 6.34. The molecule has 3 amide bonds. The summed E-state index contributed by atoms with van der Waals surface area (Å²) < 4.78 is 0. The van der Waals surface area contributed by atoms with Gasteiger partial charge in [-0.05, 0) is 61.8 Å². The predicted octanol–water partition coefficient (Wildman–Crippen LogP) is 5.50. The van der Waals surface area contributed by atoms with Crippen LogP contribution in [-0.2, 0) is 6.42 Å². The van der Waals surface area contributed by atoms with E-state index in [1.807, 2.05) is 35.2 Å². The van der Waals surface area contributed by atoms with Crippen LogP contribution in [0.1, 0.15) is 54.4 Å². The van der Waals surface area contributed by atoms with Crippen molar-refractivity contribution >= 4 is 29.2 Å². The van der Waals surface area contributed by atoms with Gasteiger partial charge in [-0.25, -0.2) is 4.79 Å². The van der Waals surface area contributed by atoms with Gasteiger partial charge in [-0.15, -0.1) is 0 Å². The Bertz CT molecular complexity index is 916. The standard InChI is InChI=1S/C25H30ClN3O2/c26-22-17-20(28-25(31)27-15-14-18-7-2-1-3-8-18)12-13-21(22)24(30)29-16-6-10-19-9-4-5-11-23(19)29/h1-3,7-8,12-13,17,19,23H,4-6,9-11,14-16H2,(H2,27,28,31)/t19-,23-/m1/s1. The smallest absolute Gasteiger partial charge is 0.319 e. The van der Waals surface area contributed by atoms with Gasteiger partial charge in [-0.2, -0.15) is 0 Å². The van der Waals surface area contributed by atoms with Crippen LogP contribution in [0.3, 0.4) is 0 Å². The van der Waals surface area contributed by atoms with E-state index in [4.69, 9.17) is 11.6 Å². The lowest BCUT2D eigenvalue weighted by Crippen LogP contribution is -2.49. The fourth-order valence-electron chi connectivity index (χ4n) is 4.94. The number of rotatable bonds is 5. The Kier molecular flexibility index (Phi) is 7.13. The molecule has 2 fully saturated rings. The number of halogens is 1. The molecule has 2 aromatic carbocycles. The van der Waals surface area contributed by atoms with Crippen LogP contribution in [0.4, 0.5) is 10.5 Å². The van der Waals surface area contributed by atoms with Gasteiger partial charge in [0, 0.05) is 24.8 Å². The van der Waals surface area contributed by atoms with E-state index in [9.17, 15) is 9.59 Å². The van der Waals surface area contributed by atoms with Gasteiger partial charge < -0.3 is 15.5 Å². The Labute approximate surface area is 189 Å². The minimum Gasteiger partial charge on any atom is -0.338 e. The maximum absolute atomic E-state index is 13.2. The van der Waals surface area contributed by atoms with Gasteiger partial charge in [0.05, 0.1) is 10.6 Å². The first kappa shape index (κ1) is 21.7. The van der Waals surface area contributed by atoms with Crippen LogP contribution in [0.5, 0.6) is 0 Å². The number of hydrogen-bond acceptors (Lipinski definition) is 2. The summed E-state index contributed by atoms with van der Waals surface area (Å²) in [6.45, 7) is 1.35. The number of hydrogen-bond donors (Lipinski definition) is 2. The number of anilines is 1. The minimum absolute atomic E-state index is 0.0143. The lowest BCUT2D eigenvalue weighted by Gasteiger charge is -2.44. The number of carbonyl (C=O) groups is 2. The fourth-order valence-corrected chi connectivity index (χ4v) is 5.20. The highest BCUT2D eigenvalue weighted by Crippen LogP contribution is 2.36.